The summed E-state index contributed by atoms with van der Waals surface area (Å²) < 4.78 is 6.70. The summed E-state index contributed by atoms with van der Waals surface area (Å²) in [5.41, 5.74) is 1.81. The van der Waals surface area contributed by atoms with Crippen LogP contribution in [0, 0.1) is 0 Å². The molecule has 0 N–H and O–H groups in total. The van der Waals surface area contributed by atoms with Crippen LogP contribution in [-0.4, -0.2) is 22.4 Å². The molecule has 0 atom stereocenters. The molecule has 1 aromatic heterocycles. The predicted molar refractivity (Wildman–Crippen MR) is 62.9 cm³/mol. The fraction of sp³-hybridized carbons (Fsp3) is 0.500. The van der Waals surface area contributed by atoms with Gasteiger partial charge in [-0.15, -0.1) is 0 Å². The summed E-state index contributed by atoms with van der Waals surface area (Å²) >= 11 is 0. The third kappa shape index (κ3) is 3.22. The highest BCUT2D eigenvalue weighted by atomic mass is 16.5. The van der Waals surface area contributed by atoms with Crippen LogP contribution in [0.4, 0.5) is 0 Å². The molecule has 0 bridgehead atoms. The second-order valence-corrected chi connectivity index (χ2v) is 3.88. The minimum absolute atomic E-state index is 0.308. The van der Waals surface area contributed by atoms with Crippen LogP contribution in [0.3, 0.4) is 0 Å². The molecule has 4 nitrogen and oxygen atoms in total. The lowest BCUT2D eigenvalue weighted by molar-refractivity contribution is -0.137. The number of carbonyl (C=O) groups is 1. The highest BCUT2D eigenvalue weighted by Crippen LogP contribution is 2.14. The Kier molecular flexibility index (Phi) is 4.28. The Balaban J connectivity index is 2.79. The molecule has 1 rings (SSSR count). The second-order valence-electron chi connectivity index (χ2n) is 3.88. The summed E-state index contributed by atoms with van der Waals surface area (Å²) in [6, 6.07) is 0.323. The van der Waals surface area contributed by atoms with E-state index in [-0.39, 0.29) is 5.97 Å². The van der Waals surface area contributed by atoms with E-state index in [1.54, 1.807) is 13.1 Å². The van der Waals surface area contributed by atoms with E-state index in [0.29, 0.717) is 12.6 Å². The Morgan fingerprint density at radius 3 is 2.81 bits per heavy atom. The minimum Gasteiger partial charge on any atom is -0.463 e. The normalized spacial score (nSPS) is 11.9. The lowest BCUT2D eigenvalue weighted by atomic mass is 10.1. The van der Waals surface area contributed by atoms with Gasteiger partial charge in [-0.25, -0.2) is 4.79 Å². The number of aromatic nitrogens is 2. The van der Waals surface area contributed by atoms with Crippen molar-refractivity contribution in [3.8, 4) is 0 Å². The van der Waals surface area contributed by atoms with Gasteiger partial charge in [-0.3, -0.25) is 4.68 Å². The number of carbonyl (C=O) groups excluding carboxylic acids is 1. The first-order valence-electron chi connectivity index (χ1n) is 5.44. The van der Waals surface area contributed by atoms with Crippen molar-refractivity contribution in [1.29, 1.82) is 0 Å². The van der Waals surface area contributed by atoms with Crippen molar-refractivity contribution >= 4 is 11.5 Å². The standard InChI is InChI=1S/C12H18N2O2/c1-5-16-12(15)6-10(4)11-7-13-14(8-11)9(2)3/h6-9H,5H2,1-4H3/b10-6+. The molecule has 0 aliphatic heterocycles. The van der Waals surface area contributed by atoms with Crippen molar-refractivity contribution < 1.29 is 9.53 Å². The first-order valence-corrected chi connectivity index (χ1v) is 5.44. The summed E-state index contributed by atoms with van der Waals surface area (Å²) in [5, 5.41) is 4.21. The minimum atomic E-state index is -0.308. The third-order valence-electron chi connectivity index (χ3n) is 2.21. The topological polar surface area (TPSA) is 44.1 Å². The number of nitrogens with zero attached hydrogens (tertiary/aromatic N) is 2. The highest BCUT2D eigenvalue weighted by Gasteiger charge is 2.05. The van der Waals surface area contributed by atoms with Crippen LogP contribution in [0.1, 0.15) is 39.3 Å². The average molecular weight is 222 g/mol. The van der Waals surface area contributed by atoms with Gasteiger partial charge >= 0.3 is 5.97 Å². The largest absolute Gasteiger partial charge is 0.463 e. The van der Waals surface area contributed by atoms with Gasteiger partial charge in [-0.05, 0) is 33.3 Å². The summed E-state index contributed by atoms with van der Waals surface area (Å²) in [6.07, 6.45) is 5.17. The highest BCUT2D eigenvalue weighted by molar-refractivity contribution is 5.90. The molecule has 0 saturated carbocycles. The summed E-state index contributed by atoms with van der Waals surface area (Å²) in [7, 11) is 0. The molecule has 4 heteroatoms. The molecule has 16 heavy (non-hydrogen) atoms. The maximum atomic E-state index is 11.2. The van der Waals surface area contributed by atoms with E-state index in [1.165, 1.54) is 6.08 Å². The van der Waals surface area contributed by atoms with Crippen LogP contribution in [0.15, 0.2) is 18.5 Å². The van der Waals surface area contributed by atoms with Gasteiger partial charge in [0, 0.05) is 23.9 Å². The molecule has 0 fully saturated rings. The van der Waals surface area contributed by atoms with Crippen LogP contribution < -0.4 is 0 Å². The molecule has 0 amide bonds. The number of allylic oxidation sites excluding steroid dienone is 1. The van der Waals surface area contributed by atoms with Crippen LogP contribution in [0.25, 0.3) is 5.57 Å². The number of hydrogen-bond donors (Lipinski definition) is 0. The van der Waals surface area contributed by atoms with Gasteiger partial charge in [0.05, 0.1) is 12.8 Å². The SMILES string of the molecule is CCOC(=O)/C=C(\C)c1cnn(C(C)C)c1. The molecule has 0 radical (unpaired) electrons. The van der Waals surface area contributed by atoms with Gasteiger partial charge in [0.1, 0.15) is 0 Å². The van der Waals surface area contributed by atoms with E-state index in [2.05, 4.69) is 18.9 Å². The van der Waals surface area contributed by atoms with Crippen LogP contribution in [-0.2, 0) is 9.53 Å². The van der Waals surface area contributed by atoms with Gasteiger partial charge in [-0.2, -0.15) is 5.10 Å². The van der Waals surface area contributed by atoms with Gasteiger partial charge in [0.25, 0.3) is 0 Å². The molecule has 88 valence electrons. The zero-order chi connectivity index (χ0) is 12.1. The van der Waals surface area contributed by atoms with E-state index in [4.69, 9.17) is 4.74 Å². The number of esters is 1. The Labute approximate surface area is 95.9 Å². The molecule has 0 aliphatic rings. The van der Waals surface area contributed by atoms with Gasteiger partial charge in [0.2, 0.25) is 0 Å². The maximum absolute atomic E-state index is 11.2. The Bertz CT molecular complexity index is 391. The van der Waals surface area contributed by atoms with Crippen molar-refractivity contribution in [2.75, 3.05) is 6.61 Å². The molecular formula is C12H18N2O2. The van der Waals surface area contributed by atoms with Crippen molar-refractivity contribution in [3.63, 3.8) is 0 Å². The molecule has 0 unspecified atom stereocenters. The zero-order valence-corrected chi connectivity index (χ0v) is 10.2. The Morgan fingerprint density at radius 2 is 2.31 bits per heavy atom. The quantitative estimate of drug-likeness (QED) is 0.580. The van der Waals surface area contributed by atoms with Gasteiger partial charge in [-0.1, -0.05) is 0 Å². The van der Waals surface area contributed by atoms with Crippen molar-refractivity contribution in [1.82, 2.24) is 9.78 Å². The molecular weight excluding hydrogens is 204 g/mol. The fourth-order valence-electron chi connectivity index (χ4n) is 1.27. The van der Waals surface area contributed by atoms with E-state index in [9.17, 15) is 4.79 Å². The lowest BCUT2D eigenvalue weighted by Gasteiger charge is -2.03. The molecule has 0 spiro atoms. The first-order chi connectivity index (χ1) is 7.54. The average Bonchev–Trinajstić information content (AvgIpc) is 2.66. The van der Waals surface area contributed by atoms with Crippen molar-refractivity contribution in [2.24, 2.45) is 0 Å². The summed E-state index contributed by atoms with van der Waals surface area (Å²) in [6.45, 7) is 8.17. The lowest BCUT2D eigenvalue weighted by Crippen LogP contribution is -2.00. The number of ether oxygens (including phenoxy) is 1. The summed E-state index contributed by atoms with van der Waals surface area (Å²) in [5.74, 6) is -0.308. The third-order valence-corrected chi connectivity index (χ3v) is 2.21. The van der Waals surface area contributed by atoms with E-state index < -0.39 is 0 Å². The Hall–Kier alpha value is -1.58. The monoisotopic (exact) mass is 222 g/mol. The van der Waals surface area contributed by atoms with E-state index in [1.807, 2.05) is 17.8 Å². The zero-order valence-electron chi connectivity index (χ0n) is 10.2. The number of hydrogen-bond acceptors (Lipinski definition) is 3. The first kappa shape index (κ1) is 12.5. The second kappa shape index (κ2) is 5.49. The van der Waals surface area contributed by atoms with Crippen LogP contribution in [0.5, 0.6) is 0 Å². The summed E-state index contributed by atoms with van der Waals surface area (Å²) in [4.78, 5) is 11.2. The van der Waals surface area contributed by atoms with E-state index >= 15 is 0 Å². The predicted octanol–water partition coefficient (Wildman–Crippen LogP) is 2.43. The molecule has 1 heterocycles. The molecule has 1 aromatic rings. The van der Waals surface area contributed by atoms with Crippen molar-refractivity contribution in [2.45, 2.75) is 33.7 Å². The molecule has 0 aliphatic carbocycles. The van der Waals surface area contributed by atoms with Gasteiger partial charge in [0.15, 0.2) is 0 Å². The van der Waals surface area contributed by atoms with Crippen LogP contribution in [0.2, 0.25) is 0 Å². The van der Waals surface area contributed by atoms with Crippen molar-refractivity contribution in [3.05, 3.63) is 24.0 Å². The number of rotatable bonds is 4. The van der Waals surface area contributed by atoms with Crippen LogP contribution >= 0.6 is 0 Å². The fourth-order valence-corrected chi connectivity index (χ4v) is 1.27. The molecule has 0 aromatic carbocycles. The maximum Gasteiger partial charge on any atom is 0.331 e. The van der Waals surface area contributed by atoms with E-state index in [0.717, 1.165) is 11.1 Å². The van der Waals surface area contributed by atoms with Gasteiger partial charge < -0.3 is 4.74 Å². The molecule has 0 saturated heterocycles. The smallest absolute Gasteiger partial charge is 0.331 e. The Morgan fingerprint density at radius 1 is 1.62 bits per heavy atom.